The predicted molar refractivity (Wildman–Crippen MR) is 62.8 cm³/mol. The number of ether oxygens (including phenoxy) is 1. The Morgan fingerprint density at radius 3 is 2.71 bits per heavy atom. The highest BCUT2D eigenvalue weighted by Crippen LogP contribution is 2.30. The van der Waals surface area contributed by atoms with Crippen molar-refractivity contribution in [3.8, 4) is 11.5 Å². The Hall–Kier alpha value is -2.38. The van der Waals surface area contributed by atoms with Crippen LogP contribution in [-0.2, 0) is 4.74 Å². The smallest absolute Gasteiger partial charge is 0.376 e. The molecule has 0 fully saturated rings. The third-order valence-electron chi connectivity index (χ3n) is 2.48. The fourth-order valence-corrected chi connectivity index (χ4v) is 1.60. The van der Waals surface area contributed by atoms with E-state index in [4.69, 9.17) is 4.42 Å². The van der Waals surface area contributed by atoms with Gasteiger partial charge >= 0.3 is 5.97 Å². The summed E-state index contributed by atoms with van der Waals surface area (Å²) in [7, 11) is 0. The fraction of sp³-hybridized carbons (Fsp3) is 0.231. The van der Waals surface area contributed by atoms with Crippen LogP contribution >= 0.6 is 0 Å². The van der Waals surface area contributed by atoms with Gasteiger partial charge in [-0.3, -0.25) is 0 Å². The zero-order chi connectivity index (χ0) is 15.6. The van der Waals surface area contributed by atoms with Gasteiger partial charge in [0.2, 0.25) is 11.7 Å². The van der Waals surface area contributed by atoms with Crippen LogP contribution in [0, 0.1) is 11.6 Å². The van der Waals surface area contributed by atoms with Gasteiger partial charge in [-0.05, 0) is 25.1 Å². The molecule has 0 saturated carbocycles. The van der Waals surface area contributed by atoms with Gasteiger partial charge in [0.1, 0.15) is 11.6 Å². The maximum absolute atomic E-state index is 13.6. The summed E-state index contributed by atoms with van der Waals surface area (Å²) in [5.74, 6) is -4.33. The van der Waals surface area contributed by atoms with Crippen LogP contribution in [-0.4, -0.2) is 17.6 Å². The van der Waals surface area contributed by atoms with Crippen molar-refractivity contribution in [2.75, 3.05) is 6.61 Å². The number of alkyl halides is 2. The lowest BCUT2D eigenvalue weighted by Crippen LogP contribution is -2.06. The first-order valence-corrected chi connectivity index (χ1v) is 5.85. The minimum Gasteiger partial charge on any atom is -0.460 e. The average molecular weight is 303 g/mol. The van der Waals surface area contributed by atoms with Crippen molar-refractivity contribution in [1.29, 1.82) is 0 Å². The molecule has 0 spiro atoms. The Kier molecular flexibility index (Phi) is 4.25. The van der Waals surface area contributed by atoms with Gasteiger partial charge < -0.3 is 9.15 Å². The molecule has 0 amide bonds. The van der Waals surface area contributed by atoms with Crippen molar-refractivity contribution >= 4 is 5.97 Å². The Labute approximate surface area is 116 Å². The number of carbonyl (C=O) groups is 1. The van der Waals surface area contributed by atoms with E-state index in [1.807, 2.05) is 0 Å². The Bertz CT molecular complexity index is 669. The molecule has 8 heteroatoms. The Morgan fingerprint density at radius 2 is 2.10 bits per heavy atom. The molecule has 0 radical (unpaired) electrons. The number of oxazole rings is 1. The molecule has 21 heavy (non-hydrogen) atoms. The molecule has 2 aromatic rings. The summed E-state index contributed by atoms with van der Waals surface area (Å²) < 4.78 is 61.7. The number of halogens is 4. The topological polar surface area (TPSA) is 52.3 Å². The minimum atomic E-state index is -3.13. The quantitative estimate of drug-likeness (QED) is 0.638. The van der Waals surface area contributed by atoms with Gasteiger partial charge in [0, 0.05) is 0 Å². The molecular formula is C13H9F4NO3. The molecule has 1 aromatic carbocycles. The number of aromatic nitrogens is 1. The number of rotatable bonds is 4. The lowest BCUT2D eigenvalue weighted by Gasteiger charge is -1.99. The van der Waals surface area contributed by atoms with Crippen molar-refractivity contribution < 1.29 is 31.5 Å². The van der Waals surface area contributed by atoms with E-state index in [1.165, 1.54) is 6.92 Å². The molecule has 112 valence electrons. The molecule has 0 aliphatic heterocycles. The summed E-state index contributed by atoms with van der Waals surface area (Å²) in [5, 5.41) is 0. The van der Waals surface area contributed by atoms with Crippen LogP contribution in [0.5, 0.6) is 0 Å². The van der Waals surface area contributed by atoms with Gasteiger partial charge in [0.15, 0.2) is 5.69 Å². The van der Waals surface area contributed by atoms with Crippen molar-refractivity contribution in [2.24, 2.45) is 0 Å². The molecule has 1 heterocycles. The van der Waals surface area contributed by atoms with E-state index in [0.717, 1.165) is 18.2 Å². The number of hydrogen-bond donors (Lipinski definition) is 0. The van der Waals surface area contributed by atoms with Gasteiger partial charge in [-0.15, -0.1) is 0 Å². The molecule has 0 N–H and O–H groups in total. The molecule has 0 saturated heterocycles. The number of nitrogens with zero attached hydrogens (tertiary/aromatic N) is 1. The first-order chi connectivity index (χ1) is 9.93. The highest BCUT2D eigenvalue weighted by atomic mass is 19.3. The third-order valence-corrected chi connectivity index (χ3v) is 2.48. The van der Waals surface area contributed by atoms with E-state index in [0.29, 0.717) is 0 Å². The summed E-state index contributed by atoms with van der Waals surface area (Å²) in [5.41, 5.74) is -1.44. The second-order valence-electron chi connectivity index (χ2n) is 3.88. The largest absolute Gasteiger partial charge is 0.460 e. The van der Waals surface area contributed by atoms with Gasteiger partial charge in [-0.25, -0.2) is 27.3 Å². The van der Waals surface area contributed by atoms with Crippen molar-refractivity contribution in [2.45, 2.75) is 13.3 Å². The zero-order valence-corrected chi connectivity index (χ0v) is 10.7. The molecule has 0 unspecified atom stereocenters. The third kappa shape index (κ3) is 3.04. The van der Waals surface area contributed by atoms with E-state index >= 15 is 0 Å². The SMILES string of the molecule is CCOC(=O)c1oc(-c2cc(F)ccc2F)nc1C(F)F. The van der Waals surface area contributed by atoms with Crippen LogP contribution < -0.4 is 0 Å². The molecule has 0 aliphatic carbocycles. The van der Waals surface area contributed by atoms with Gasteiger partial charge in [-0.2, -0.15) is 0 Å². The second kappa shape index (κ2) is 5.94. The molecule has 1 aromatic heterocycles. The lowest BCUT2D eigenvalue weighted by molar-refractivity contribution is 0.0476. The molecule has 2 rings (SSSR count). The molecular weight excluding hydrogens is 294 g/mol. The lowest BCUT2D eigenvalue weighted by atomic mass is 10.2. The van der Waals surface area contributed by atoms with Crippen molar-refractivity contribution in [3.05, 3.63) is 41.3 Å². The molecule has 0 bridgehead atoms. The van der Waals surface area contributed by atoms with Crippen LogP contribution in [0.15, 0.2) is 22.6 Å². The van der Waals surface area contributed by atoms with Crippen LogP contribution in [0.4, 0.5) is 17.6 Å². The molecule has 0 aliphatic rings. The second-order valence-corrected chi connectivity index (χ2v) is 3.88. The van der Waals surface area contributed by atoms with E-state index < -0.39 is 46.9 Å². The standard InChI is InChI=1S/C13H9F4NO3/c1-2-20-13(19)10-9(11(16)17)18-12(21-10)7-5-6(14)3-4-8(7)15/h3-5,11H,2H2,1H3. The number of benzene rings is 1. The van der Waals surface area contributed by atoms with Crippen LogP contribution in [0.2, 0.25) is 0 Å². The summed E-state index contributed by atoms with van der Waals surface area (Å²) in [6.45, 7) is 1.41. The van der Waals surface area contributed by atoms with Crippen molar-refractivity contribution in [1.82, 2.24) is 4.98 Å². The van der Waals surface area contributed by atoms with Gasteiger partial charge in [0.05, 0.1) is 12.2 Å². The summed E-state index contributed by atoms with van der Waals surface area (Å²) in [4.78, 5) is 14.9. The van der Waals surface area contributed by atoms with Crippen molar-refractivity contribution in [3.63, 3.8) is 0 Å². The summed E-state index contributed by atoms with van der Waals surface area (Å²) in [6.07, 6.45) is -3.13. The Balaban J connectivity index is 2.53. The normalized spacial score (nSPS) is 11.0. The summed E-state index contributed by atoms with van der Waals surface area (Å²) >= 11 is 0. The minimum absolute atomic E-state index is 0.0636. The first kappa shape index (κ1) is 15.0. The van der Waals surface area contributed by atoms with Crippen LogP contribution in [0.3, 0.4) is 0 Å². The maximum atomic E-state index is 13.6. The first-order valence-electron chi connectivity index (χ1n) is 5.85. The van der Waals surface area contributed by atoms with Gasteiger partial charge in [-0.1, -0.05) is 0 Å². The highest BCUT2D eigenvalue weighted by Gasteiger charge is 2.29. The molecule has 0 atom stereocenters. The fourth-order valence-electron chi connectivity index (χ4n) is 1.60. The van der Waals surface area contributed by atoms with Crippen LogP contribution in [0.1, 0.15) is 29.6 Å². The van der Waals surface area contributed by atoms with E-state index in [2.05, 4.69) is 9.72 Å². The number of carbonyl (C=O) groups excluding carboxylic acids is 1. The monoisotopic (exact) mass is 303 g/mol. The highest BCUT2D eigenvalue weighted by molar-refractivity contribution is 5.88. The van der Waals surface area contributed by atoms with Crippen LogP contribution in [0.25, 0.3) is 11.5 Å². The predicted octanol–water partition coefficient (Wildman–Crippen LogP) is 3.73. The summed E-state index contributed by atoms with van der Waals surface area (Å²) in [6, 6.07) is 2.37. The number of hydrogen-bond acceptors (Lipinski definition) is 4. The van der Waals surface area contributed by atoms with Gasteiger partial charge in [0.25, 0.3) is 6.43 Å². The Morgan fingerprint density at radius 1 is 1.38 bits per heavy atom. The molecule has 4 nitrogen and oxygen atoms in total. The number of esters is 1. The zero-order valence-electron chi connectivity index (χ0n) is 10.7. The average Bonchev–Trinajstić information content (AvgIpc) is 2.87. The maximum Gasteiger partial charge on any atom is 0.376 e. The van der Waals surface area contributed by atoms with E-state index in [9.17, 15) is 22.4 Å². The van der Waals surface area contributed by atoms with E-state index in [-0.39, 0.29) is 6.61 Å². The van der Waals surface area contributed by atoms with E-state index in [1.54, 1.807) is 0 Å².